The fourth-order valence-corrected chi connectivity index (χ4v) is 3.91. The average Bonchev–Trinajstić information content (AvgIpc) is 3.15. The molecule has 0 spiro atoms. The van der Waals surface area contributed by atoms with Crippen molar-refractivity contribution >= 4 is 6.03 Å². The number of piperidine rings is 1. The average molecular weight is 361 g/mol. The van der Waals surface area contributed by atoms with E-state index in [2.05, 4.69) is 29.2 Å². The molecule has 1 saturated heterocycles. The lowest BCUT2D eigenvalue weighted by Gasteiger charge is -2.39. The molecule has 2 heterocycles. The molecule has 2 fully saturated rings. The molecule has 1 aliphatic carbocycles. The Bertz CT molecular complexity index is 603. The number of nitrogens with one attached hydrogen (secondary N) is 1. The molecule has 1 aliphatic heterocycles. The number of rotatable bonds is 5. The maximum Gasteiger partial charge on any atom is 0.317 e. The van der Waals surface area contributed by atoms with Gasteiger partial charge in [0.15, 0.2) is 0 Å². The number of likely N-dealkylation sites (tertiary alicyclic amines) is 1. The Balaban J connectivity index is 1.54. The molecule has 2 amide bonds. The lowest BCUT2D eigenvalue weighted by atomic mass is 9.98. The van der Waals surface area contributed by atoms with Crippen molar-refractivity contribution in [2.75, 3.05) is 20.6 Å². The quantitative estimate of drug-likeness (QED) is 0.877. The van der Waals surface area contributed by atoms with E-state index in [1.165, 1.54) is 12.8 Å². The van der Waals surface area contributed by atoms with Gasteiger partial charge in [-0.05, 0) is 58.6 Å². The Morgan fingerprint density at radius 2 is 2.15 bits per heavy atom. The number of carbonyl (C=O) groups excluding carboxylic acids is 1. The molecule has 2 atom stereocenters. The molecule has 2 unspecified atom stereocenters. The van der Waals surface area contributed by atoms with Crippen LogP contribution in [-0.2, 0) is 6.54 Å². The molecule has 144 valence electrons. The minimum atomic E-state index is -0.0255. The van der Waals surface area contributed by atoms with Crippen molar-refractivity contribution < 1.29 is 9.53 Å². The van der Waals surface area contributed by atoms with Crippen LogP contribution in [0.25, 0.3) is 0 Å². The van der Waals surface area contributed by atoms with Crippen molar-refractivity contribution in [3.8, 4) is 5.88 Å². The molecule has 0 aromatic carbocycles. The van der Waals surface area contributed by atoms with E-state index >= 15 is 0 Å². The van der Waals surface area contributed by atoms with Gasteiger partial charge >= 0.3 is 6.03 Å². The van der Waals surface area contributed by atoms with Crippen LogP contribution in [0.3, 0.4) is 0 Å². The summed E-state index contributed by atoms with van der Waals surface area (Å²) in [6.07, 6.45) is 8.70. The van der Waals surface area contributed by atoms with Crippen molar-refractivity contribution in [1.82, 2.24) is 20.1 Å². The van der Waals surface area contributed by atoms with Gasteiger partial charge in [-0.2, -0.15) is 0 Å². The third-order valence-electron chi connectivity index (χ3n) is 5.91. The van der Waals surface area contributed by atoms with Crippen LogP contribution in [0.15, 0.2) is 18.3 Å². The zero-order valence-electron chi connectivity index (χ0n) is 16.3. The summed E-state index contributed by atoms with van der Waals surface area (Å²) >= 11 is 0. The Kier molecular flexibility index (Phi) is 6.35. The van der Waals surface area contributed by atoms with Crippen molar-refractivity contribution in [1.29, 1.82) is 0 Å². The highest BCUT2D eigenvalue weighted by Crippen LogP contribution is 2.25. The van der Waals surface area contributed by atoms with E-state index in [-0.39, 0.29) is 12.1 Å². The molecule has 0 radical (unpaired) electrons. The first-order valence-electron chi connectivity index (χ1n) is 9.86. The maximum absolute atomic E-state index is 12.6. The molecule has 26 heavy (non-hydrogen) atoms. The summed E-state index contributed by atoms with van der Waals surface area (Å²) < 4.78 is 6.06. The number of hydrogen-bond acceptors (Lipinski definition) is 4. The molecular formula is C20H32N4O2. The van der Waals surface area contributed by atoms with Gasteiger partial charge in [-0.3, -0.25) is 0 Å². The number of ether oxygens (including phenoxy) is 1. The van der Waals surface area contributed by atoms with Gasteiger partial charge in [0.05, 0.1) is 0 Å². The van der Waals surface area contributed by atoms with E-state index in [9.17, 15) is 4.79 Å². The molecule has 6 heteroatoms. The molecule has 1 aromatic rings. The van der Waals surface area contributed by atoms with E-state index in [0.29, 0.717) is 24.5 Å². The van der Waals surface area contributed by atoms with Crippen LogP contribution in [0, 0.1) is 0 Å². The van der Waals surface area contributed by atoms with Crippen LogP contribution >= 0.6 is 0 Å². The minimum Gasteiger partial charge on any atom is -0.474 e. The van der Waals surface area contributed by atoms with Crippen LogP contribution < -0.4 is 10.1 Å². The summed E-state index contributed by atoms with van der Waals surface area (Å²) in [5.74, 6) is 0.662. The highest BCUT2D eigenvalue weighted by atomic mass is 16.5. The Hall–Kier alpha value is -1.82. The van der Waals surface area contributed by atoms with Crippen molar-refractivity contribution in [3.63, 3.8) is 0 Å². The van der Waals surface area contributed by atoms with Gasteiger partial charge in [-0.15, -0.1) is 0 Å². The van der Waals surface area contributed by atoms with Gasteiger partial charge in [0, 0.05) is 44.0 Å². The molecule has 1 N–H and O–H groups in total. The maximum atomic E-state index is 12.6. The monoisotopic (exact) mass is 360 g/mol. The predicted molar refractivity (Wildman–Crippen MR) is 102 cm³/mol. The summed E-state index contributed by atoms with van der Waals surface area (Å²) in [4.78, 5) is 21.2. The summed E-state index contributed by atoms with van der Waals surface area (Å²) in [6, 6.07) is 4.65. The van der Waals surface area contributed by atoms with E-state index in [1.807, 2.05) is 24.1 Å². The first-order chi connectivity index (χ1) is 12.5. The molecule has 1 saturated carbocycles. The molecule has 1 aromatic heterocycles. The number of amides is 2. The normalized spacial score (nSPS) is 24.4. The smallest absolute Gasteiger partial charge is 0.317 e. The summed E-state index contributed by atoms with van der Waals surface area (Å²) in [7, 11) is 4.05. The Labute approximate surface area is 156 Å². The number of aromatic nitrogens is 1. The first-order valence-corrected chi connectivity index (χ1v) is 9.86. The summed E-state index contributed by atoms with van der Waals surface area (Å²) in [6.45, 7) is 3.70. The molecular weight excluding hydrogens is 328 g/mol. The number of nitrogens with zero attached hydrogens (tertiary/aromatic N) is 3. The summed E-state index contributed by atoms with van der Waals surface area (Å²) in [5.41, 5.74) is 0.942. The van der Waals surface area contributed by atoms with Crippen LogP contribution in [-0.4, -0.2) is 59.6 Å². The van der Waals surface area contributed by atoms with Gasteiger partial charge in [0.1, 0.15) is 6.10 Å². The van der Waals surface area contributed by atoms with Crippen LogP contribution in [0.4, 0.5) is 4.79 Å². The number of carbonyl (C=O) groups is 1. The minimum absolute atomic E-state index is 0.0255. The van der Waals surface area contributed by atoms with E-state index in [0.717, 1.165) is 37.8 Å². The third kappa shape index (κ3) is 4.67. The molecule has 0 bridgehead atoms. The molecule has 3 rings (SSSR count). The predicted octanol–water partition coefficient (Wildman–Crippen LogP) is 3.03. The second-order valence-electron chi connectivity index (χ2n) is 7.77. The Morgan fingerprint density at radius 1 is 1.38 bits per heavy atom. The summed E-state index contributed by atoms with van der Waals surface area (Å²) in [5, 5.41) is 3.04. The standard InChI is InChI=1S/C20H32N4O2/c1-15-13-17(10-12-23(15)2)24(3)20(25)22-14-16-7-6-11-21-19(16)26-18-8-4-5-9-18/h6-7,11,15,17-18H,4-5,8-10,12-14H2,1-3H3,(H,22,25). The van der Waals surface area contributed by atoms with Crippen LogP contribution in [0.1, 0.15) is 51.0 Å². The SMILES string of the molecule is CC1CC(N(C)C(=O)NCc2cccnc2OC2CCCC2)CCN1C. The van der Waals surface area contributed by atoms with Crippen molar-refractivity contribution in [2.45, 2.75) is 70.2 Å². The fraction of sp³-hybridized carbons (Fsp3) is 0.700. The molecule has 6 nitrogen and oxygen atoms in total. The number of urea groups is 1. The second-order valence-corrected chi connectivity index (χ2v) is 7.77. The zero-order chi connectivity index (χ0) is 18.5. The number of pyridine rings is 1. The van der Waals surface area contributed by atoms with Crippen molar-refractivity contribution in [2.24, 2.45) is 0 Å². The van der Waals surface area contributed by atoms with Gasteiger partial charge in [0.2, 0.25) is 5.88 Å². The van der Waals surface area contributed by atoms with E-state index < -0.39 is 0 Å². The van der Waals surface area contributed by atoms with E-state index in [1.54, 1.807) is 6.20 Å². The van der Waals surface area contributed by atoms with E-state index in [4.69, 9.17) is 4.74 Å². The zero-order valence-corrected chi connectivity index (χ0v) is 16.3. The van der Waals surface area contributed by atoms with Crippen LogP contribution in [0.2, 0.25) is 0 Å². The van der Waals surface area contributed by atoms with Crippen molar-refractivity contribution in [3.05, 3.63) is 23.9 Å². The van der Waals surface area contributed by atoms with Gasteiger partial charge in [-0.1, -0.05) is 6.07 Å². The highest BCUT2D eigenvalue weighted by molar-refractivity contribution is 5.74. The van der Waals surface area contributed by atoms with Gasteiger partial charge < -0.3 is 19.9 Å². The van der Waals surface area contributed by atoms with Crippen LogP contribution in [0.5, 0.6) is 5.88 Å². The Morgan fingerprint density at radius 3 is 2.88 bits per heavy atom. The molecule has 2 aliphatic rings. The lowest BCUT2D eigenvalue weighted by Crippen LogP contribution is -2.50. The second kappa shape index (κ2) is 8.71. The highest BCUT2D eigenvalue weighted by Gasteiger charge is 2.28. The largest absolute Gasteiger partial charge is 0.474 e. The van der Waals surface area contributed by atoms with Gasteiger partial charge in [-0.25, -0.2) is 9.78 Å². The number of hydrogen-bond donors (Lipinski definition) is 1. The first kappa shape index (κ1) is 19.0. The third-order valence-corrected chi connectivity index (χ3v) is 5.91. The lowest BCUT2D eigenvalue weighted by molar-refractivity contribution is 0.115. The topological polar surface area (TPSA) is 57.7 Å². The van der Waals surface area contributed by atoms with Gasteiger partial charge in [0.25, 0.3) is 0 Å². The fourth-order valence-electron chi connectivity index (χ4n) is 3.91.